The monoisotopic (exact) mass is 376 g/mol. The highest BCUT2D eigenvalue weighted by atomic mass is 16.5. The Morgan fingerprint density at radius 3 is 2.43 bits per heavy atom. The number of carbonyl (C=O) groups is 1. The van der Waals surface area contributed by atoms with Gasteiger partial charge in [-0.25, -0.2) is 4.79 Å². The average Bonchev–Trinajstić information content (AvgIpc) is 2.77. The number of carbonyl (C=O) groups excluding carboxylic acids is 1. The van der Waals surface area contributed by atoms with Gasteiger partial charge in [0.05, 0.1) is 21.3 Å². The highest BCUT2D eigenvalue weighted by Gasteiger charge is 2.22. The van der Waals surface area contributed by atoms with E-state index in [1.165, 1.54) is 14.2 Å². The quantitative estimate of drug-likeness (QED) is 0.629. The molecule has 0 spiro atoms. The summed E-state index contributed by atoms with van der Waals surface area (Å²) in [4.78, 5) is 12.3. The van der Waals surface area contributed by atoms with Gasteiger partial charge in [-0.05, 0) is 58.3 Å². The van der Waals surface area contributed by atoms with Gasteiger partial charge in [0.25, 0.3) is 0 Å². The molecule has 28 heavy (non-hydrogen) atoms. The highest BCUT2D eigenvalue weighted by molar-refractivity contribution is 6.05. The van der Waals surface area contributed by atoms with Crippen molar-refractivity contribution >= 4 is 22.3 Å². The summed E-state index contributed by atoms with van der Waals surface area (Å²) in [6.45, 7) is 0.486. The van der Waals surface area contributed by atoms with Crippen LogP contribution in [0.4, 0.5) is 0 Å². The van der Waals surface area contributed by atoms with Crippen LogP contribution < -0.4 is 14.2 Å². The molecule has 0 fully saturated rings. The van der Waals surface area contributed by atoms with Crippen LogP contribution in [0.3, 0.4) is 0 Å². The summed E-state index contributed by atoms with van der Waals surface area (Å²) in [6, 6.07) is 15.5. The Kier molecular flexibility index (Phi) is 4.65. The van der Waals surface area contributed by atoms with Gasteiger partial charge < -0.3 is 18.9 Å². The Balaban J connectivity index is 1.95. The summed E-state index contributed by atoms with van der Waals surface area (Å²) in [5.74, 6) is 1.61. The first-order chi connectivity index (χ1) is 13.7. The fourth-order valence-corrected chi connectivity index (χ4v) is 3.52. The second-order valence-electron chi connectivity index (χ2n) is 6.36. The van der Waals surface area contributed by atoms with Crippen molar-refractivity contribution in [3.63, 3.8) is 0 Å². The van der Waals surface area contributed by atoms with E-state index in [1.54, 1.807) is 7.11 Å². The molecule has 0 unspecified atom stereocenters. The van der Waals surface area contributed by atoms with Crippen LogP contribution in [0.25, 0.3) is 16.3 Å². The molecule has 0 radical (unpaired) electrons. The third kappa shape index (κ3) is 2.95. The van der Waals surface area contributed by atoms with Gasteiger partial charge in [-0.1, -0.05) is 18.2 Å². The zero-order valence-electron chi connectivity index (χ0n) is 15.9. The third-order valence-corrected chi connectivity index (χ3v) is 4.90. The van der Waals surface area contributed by atoms with Crippen LogP contribution in [0.1, 0.15) is 21.5 Å². The van der Waals surface area contributed by atoms with Gasteiger partial charge in [0.15, 0.2) is 0 Å². The van der Waals surface area contributed by atoms with Gasteiger partial charge in [-0.15, -0.1) is 0 Å². The second kappa shape index (κ2) is 7.27. The maximum atomic E-state index is 12.3. The van der Waals surface area contributed by atoms with Crippen LogP contribution in [0.2, 0.25) is 0 Å². The molecular formula is C23H20O5. The summed E-state index contributed by atoms with van der Waals surface area (Å²) in [5.41, 5.74) is 3.43. The Hall–Kier alpha value is -3.47. The lowest BCUT2D eigenvalue weighted by molar-refractivity contribution is 0.0597. The molecule has 0 aromatic heterocycles. The molecule has 5 nitrogen and oxygen atoms in total. The van der Waals surface area contributed by atoms with E-state index in [0.29, 0.717) is 17.9 Å². The minimum atomic E-state index is -0.442. The molecule has 0 bridgehead atoms. The van der Waals surface area contributed by atoms with Crippen LogP contribution in [0.5, 0.6) is 17.2 Å². The smallest absolute Gasteiger partial charge is 0.341 e. The van der Waals surface area contributed by atoms with Crippen LogP contribution in [-0.4, -0.2) is 33.9 Å². The molecule has 1 aliphatic heterocycles. The summed E-state index contributed by atoms with van der Waals surface area (Å²) < 4.78 is 21.5. The van der Waals surface area contributed by atoms with E-state index >= 15 is 0 Å². The van der Waals surface area contributed by atoms with E-state index in [-0.39, 0.29) is 0 Å². The predicted molar refractivity (Wildman–Crippen MR) is 107 cm³/mol. The molecule has 5 heteroatoms. The molecule has 0 amide bonds. The number of benzene rings is 3. The molecule has 0 atom stereocenters. The zero-order valence-corrected chi connectivity index (χ0v) is 15.9. The molecule has 0 aliphatic carbocycles. The van der Waals surface area contributed by atoms with Gasteiger partial charge in [0.2, 0.25) is 0 Å². The molecule has 0 saturated carbocycles. The molecule has 0 saturated heterocycles. The first-order valence-corrected chi connectivity index (χ1v) is 8.87. The van der Waals surface area contributed by atoms with Crippen molar-refractivity contribution in [2.45, 2.75) is 0 Å². The molecule has 3 aromatic rings. The number of esters is 1. The molecule has 4 rings (SSSR count). The number of ether oxygens (including phenoxy) is 4. The van der Waals surface area contributed by atoms with Crippen molar-refractivity contribution in [3.8, 4) is 17.2 Å². The predicted octanol–water partition coefficient (Wildman–Crippen LogP) is 4.47. The van der Waals surface area contributed by atoms with E-state index in [0.717, 1.165) is 39.0 Å². The lowest BCUT2D eigenvalue weighted by Gasteiger charge is -2.22. The van der Waals surface area contributed by atoms with Gasteiger partial charge in [0, 0.05) is 5.56 Å². The first-order valence-electron chi connectivity index (χ1n) is 8.87. The van der Waals surface area contributed by atoms with Crippen molar-refractivity contribution in [1.82, 2.24) is 0 Å². The molecular weight excluding hydrogens is 356 g/mol. The van der Waals surface area contributed by atoms with E-state index in [1.807, 2.05) is 54.6 Å². The summed E-state index contributed by atoms with van der Waals surface area (Å²) in [6.07, 6.45) is 2.05. The molecule has 1 heterocycles. The maximum absolute atomic E-state index is 12.3. The van der Waals surface area contributed by atoms with Crippen molar-refractivity contribution in [1.29, 1.82) is 0 Å². The van der Waals surface area contributed by atoms with Gasteiger partial charge in [-0.3, -0.25) is 0 Å². The number of methoxy groups -OCH3 is 3. The first kappa shape index (κ1) is 17.9. The Labute approximate surface area is 163 Å². The van der Waals surface area contributed by atoms with E-state index in [9.17, 15) is 4.79 Å². The topological polar surface area (TPSA) is 54.0 Å². The molecule has 1 aliphatic rings. The van der Waals surface area contributed by atoms with E-state index in [4.69, 9.17) is 18.9 Å². The Morgan fingerprint density at radius 1 is 0.964 bits per heavy atom. The van der Waals surface area contributed by atoms with Crippen LogP contribution >= 0.6 is 0 Å². The number of hydrogen-bond donors (Lipinski definition) is 0. The molecule has 0 N–H and O–H groups in total. The average molecular weight is 376 g/mol. The fraction of sp³-hybridized carbons (Fsp3) is 0.174. The second-order valence-corrected chi connectivity index (χ2v) is 6.36. The largest absolute Gasteiger partial charge is 0.497 e. The summed E-state index contributed by atoms with van der Waals surface area (Å²) in [5, 5.41) is 1.86. The zero-order chi connectivity index (χ0) is 19.7. The van der Waals surface area contributed by atoms with Gasteiger partial charge >= 0.3 is 5.97 Å². The maximum Gasteiger partial charge on any atom is 0.341 e. The lowest BCUT2D eigenvalue weighted by Crippen LogP contribution is -2.08. The highest BCUT2D eigenvalue weighted by Crippen LogP contribution is 2.41. The van der Waals surface area contributed by atoms with Crippen molar-refractivity contribution < 1.29 is 23.7 Å². The summed E-state index contributed by atoms with van der Waals surface area (Å²) >= 11 is 0. The minimum Gasteiger partial charge on any atom is -0.497 e. The SMILES string of the molecule is COC(=O)c1cc2c3c(ccc2cc1OC)OCC=C3c1ccc(OC)cc1. The van der Waals surface area contributed by atoms with Crippen LogP contribution in [-0.2, 0) is 4.74 Å². The normalized spacial score (nSPS) is 12.6. The van der Waals surface area contributed by atoms with Crippen LogP contribution in [0, 0.1) is 0 Å². The Morgan fingerprint density at radius 2 is 1.75 bits per heavy atom. The molecule has 142 valence electrons. The van der Waals surface area contributed by atoms with Crippen LogP contribution in [0.15, 0.2) is 54.6 Å². The van der Waals surface area contributed by atoms with Crippen molar-refractivity contribution in [3.05, 3.63) is 71.3 Å². The molecule has 3 aromatic carbocycles. The van der Waals surface area contributed by atoms with Gasteiger partial charge in [-0.2, -0.15) is 0 Å². The number of fused-ring (bicyclic) bond motifs is 3. The van der Waals surface area contributed by atoms with Crippen molar-refractivity contribution in [2.24, 2.45) is 0 Å². The lowest BCUT2D eigenvalue weighted by atomic mass is 9.90. The Bertz CT molecular complexity index is 1080. The van der Waals surface area contributed by atoms with Gasteiger partial charge in [0.1, 0.15) is 29.4 Å². The fourth-order valence-electron chi connectivity index (χ4n) is 3.52. The van der Waals surface area contributed by atoms with Crippen molar-refractivity contribution in [2.75, 3.05) is 27.9 Å². The number of hydrogen-bond acceptors (Lipinski definition) is 5. The summed E-state index contributed by atoms with van der Waals surface area (Å²) in [7, 11) is 4.54. The van der Waals surface area contributed by atoms with E-state index < -0.39 is 5.97 Å². The standard InChI is InChI=1S/C23H20O5/c1-25-16-7-4-14(5-8-16)17-10-11-28-20-9-6-15-12-21(26-2)19(23(24)27-3)13-18(15)22(17)20/h4-10,12-13H,11H2,1-3H3. The third-order valence-electron chi connectivity index (χ3n) is 4.90. The van der Waals surface area contributed by atoms with E-state index in [2.05, 4.69) is 0 Å². The number of rotatable bonds is 4. The minimum absolute atomic E-state index is 0.380.